The lowest BCUT2D eigenvalue weighted by atomic mass is 10.1. The van der Waals surface area contributed by atoms with E-state index in [1.54, 1.807) is 55.5 Å². The van der Waals surface area contributed by atoms with Crippen molar-refractivity contribution in [3.63, 3.8) is 0 Å². The predicted octanol–water partition coefficient (Wildman–Crippen LogP) is 2.50. The third kappa shape index (κ3) is 4.35. The normalized spacial score (nSPS) is 18.3. The van der Waals surface area contributed by atoms with Gasteiger partial charge in [-0.2, -0.15) is 5.10 Å². The third-order valence-corrected chi connectivity index (χ3v) is 4.94. The second kappa shape index (κ2) is 8.05. The summed E-state index contributed by atoms with van der Waals surface area (Å²) in [5.41, 5.74) is 7.83. The number of thioether (sulfide) groups is 1. The number of nitrogens with two attached hydrogens (primary N) is 1. The van der Waals surface area contributed by atoms with Gasteiger partial charge in [-0.15, -0.1) is 5.10 Å². The molecule has 1 aliphatic heterocycles. The van der Waals surface area contributed by atoms with Gasteiger partial charge < -0.3 is 10.8 Å². The molecule has 1 aliphatic rings. The van der Waals surface area contributed by atoms with Crippen molar-refractivity contribution in [3.05, 3.63) is 60.2 Å². The van der Waals surface area contributed by atoms with Crippen molar-refractivity contribution in [2.45, 2.75) is 18.6 Å². The third-order valence-electron chi connectivity index (χ3n) is 3.97. The van der Waals surface area contributed by atoms with Gasteiger partial charge in [-0.05, 0) is 48.9 Å². The van der Waals surface area contributed by atoms with Gasteiger partial charge in [-0.1, -0.05) is 30.0 Å². The minimum atomic E-state index is -0.620. The van der Waals surface area contributed by atoms with Gasteiger partial charge in [0.15, 0.2) is 5.17 Å². The Kier molecular flexibility index (Phi) is 5.56. The van der Waals surface area contributed by atoms with Crippen LogP contribution in [-0.4, -0.2) is 33.1 Å². The van der Waals surface area contributed by atoms with E-state index in [2.05, 4.69) is 10.2 Å². The van der Waals surface area contributed by atoms with Gasteiger partial charge in [0.2, 0.25) is 11.8 Å². The van der Waals surface area contributed by atoms with Crippen LogP contribution in [0.4, 0.5) is 5.69 Å². The highest BCUT2D eigenvalue weighted by Crippen LogP contribution is 2.29. The van der Waals surface area contributed by atoms with Crippen molar-refractivity contribution in [1.82, 2.24) is 0 Å². The van der Waals surface area contributed by atoms with Gasteiger partial charge >= 0.3 is 0 Å². The smallest absolute Gasteiger partial charge is 0.247 e. The van der Waals surface area contributed by atoms with E-state index in [-0.39, 0.29) is 29.2 Å². The molecule has 2 amide bonds. The van der Waals surface area contributed by atoms with Crippen LogP contribution in [-0.2, 0) is 9.59 Å². The number of aromatic hydroxyl groups is 1. The Morgan fingerprint density at radius 2 is 1.78 bits per heavy atom. The maximum Gasteiger partial charge on any atom is 0.247 e. The van der Waals surface area contributed by atoms with Gasteiger partial charge in [0.1, 0.15) is 11.0 Å². The number of benzene rings is 2. The van der Waals surface area contributed by atoms with Crippen LogP contribution in [0.3, 0.4) is 0 Å². The summed E-state index contributed by atoms with van der Waals surface area (Å²) in [5.74, 6) is -0.411. The lowest BCUT2D eigenvalue weighted by Gasteiger charge is -2.14. The molecule has 3 N–H and O–H groups in total. The van der Waals surface area contributed by atoms with Crippen molar-refractivity contribution in [2.75, 3.05) is 4.90 Å². The fraction of sp³-hybridized carbons (Fsp3) is 0.158. The lowest BCUT2D eigenvalue weighted by molar-refractivity contribution is -0.121. The van der Waals surface area contributed by atoms with Crippen molar-refractivity contribution in [2.24, 2.45) is 15.9 Å². The van der Waals surface area contributed by atoms with Crippen LogP contribution in [0.15, 0.2) is 64.8 Å². The molecule has 0 aliphatic carbocycles. The fourth-order valence-electron chi connectivity index (χ4n) is 2.60. The van der Waals surface area contributed by atoms with Crippen molar-refractivity contribution >= 4 is 40.1 Å². The molecule has 8 heteroatoms. The summed E-state index contributed by atoms with van der Waals surface area (Å²) in [6.45, 7) is 1.76. The summed E-state index contributed by atoms with van der Waals surface area (Å²) >= 11 is 1.03. The molecule has 7 nitrogen and oxygen atoms in total. The van der Waals surface area contributed by atoms with Crippen LogP contribution in [0.1, 0.15) is 18.9 Å². The number of hydrogen-bond acceptors (Lipinski definition) is 6. The zero-order valence-electron chi connectivity index (χ0n) is 14.6. The number of rotatable bonds is 4. The number of carbonyl (C=O) groups is 2. The summed E-state index contributed by atoms with van der Waals surface area (Å²) in [4.78, 5) is 26.0. The molecule has 0 spiro atoms. The van der Waals surface area contributed by atoms with Crippen molar-refractivity contribution in [3.8, 4) is 5.75 Å². The number of imide groups is 1. The van der Waals surface area contributed by atoms with Gasteiger partial charge in [0.25, 0.3) is 0 Å². The van der Waals surface area contributed by atoms with Crippen molar-refractivity contribution < 1.29 is 14.7 Å². The highest BCUT2D eigenvalue weighted by atomic mass is 32.2. The highest BCUT2D eigenvalue weighted by Gasteiger charge is 2.40. The first-order valence-electron chi connectivity index (χ1n) is 8.21. The zero-order chi connectivity index (χ0) is 19.4. The minimum Gasteiger partial charge on any atom is -0.508 e. The average Bonchev–Trinajstić information content (AvgIpc) is 2.94. The number of carbonyl (C=O) groups excluding carboxylic acids is 2. The van der Waals surface area contributed by atoms with Crippen LogP contribution < -0.4 is 10.6 Å². The Morgan fingerprint density at radius 3 is 2.44 bits per heavy atom. The molecule has 138 valence electrons. The molecule has 1 unspecified atom stereocenters. The van der Waals surface area contributed by atoms with E-state index >= 15 is 0 Å². The number of phenols is 1. The average molecular weight is 382 g/mol. The summed E-state index contributed by atoms with van der Waals surface area (Å²) < 4.78 is 0. The molecule has 0 aromatic heterocycles. The fourth-order valence-corrected chi connectivity index (χ4v) is 3.41. The monoisotopic (exact) mass is 382 g/mol. The number of phenolic OH excluding ortho intramolecular Hbond substituents is 1. The molecule has 3 rings (SSSR count). The first-order valence-corrected chi connectivity index (χ1v) is 9.09. The SMILES string of the molecule is C/C(=N/N=C(N)SC1CC(=O)N(c2ccccc2)C1=O)c1ccc(O)cc1. The number of hydrogen-bond donors (Lipinski definition) is 2. The van der Waals surface area contributed by atoms with Crippen LogP contribution in [0, 0.1) is 0 Å². The summed E-state index contributed by atoms with van der Waals surface area (Å²) in [6.07, 6.45) is 0.0648. The largest absolute Gasteiger partial charge is 0.508 e. The quantitative estimate of drug-likeness (QED) is 0.365. The maximum absolute atomic E-state index is 12.6. The second-order valence-corrected chi connectivity index (χ2v) is 7.11. The van der Waals surface area contributed by atoms with Crippen LogP contribution in [0.5, 0.6) is 5.75 Å². The molecule has 1 fully saturated rings. The van der Waals surface area contributed by atoms with E-state index in [0.717, 1.165) is 17.3 Å². The van der Waals surface area contributed by atoms with Crippen LogP contribution in [0.2, 0.25) is 0 Å². The Morgan fingerprint density at radius 1 is 1.11 bits per heavy atom. The molecule has 2 aromatic carbocycles. The summed E-state index contributed by atoms with van der Waals surface area (Å²) in [7, 11) is 0. The van der Waals surface area contributed by atoms with Gasteiger partial charge in [0.05, 0.1) is 11.4 Å². The van der Waals surface area contributed by atoms with Crippen LogP contribution >= 0.6 is 11.8 Å². The lowest BCUT2D eigenvalue weighted by Crippen LogP contribution is -2.31. The number of anilines is 1. The molecule has 0 saturated carbocycles. The Bertz CT molecular complexity index is 910. The number of amides is 2. The Hall–Kier alpha value is -3.13. The highest BCUT2D eigenvalue weighted by molar-refractivity contribution is 8.14. The second-order valence-electron chi connectivity index (χ2n) is 5.88. The molecule has 0 bridgehead atoms. The predicted molar refractivity (Wildman–Crippen MR) is 107 cm³/mol. The topological polar surface area (TPSA) is 108 Å². The summed E-state index contributed by atoms with van der Waals surface area (Å²) in [5, 5.41) is 16.8. The zero-order valence-corrected chi connectivity index (χ0v) is 15.4. The molecule has 1 atom stereocenters. The van der Waals surface area contributed by atoms with E-state index in [0.29, 0.717) is 11.4 Å². The van der Waals surface area contributed by atoms with E-state index < -0.39 is 5.25 Å². The molecule has 1 saturated heterocycles. The van der Waals surface area contributed by atoms with Gasteiger partial charge in [-0.25, -0.2) is 4.90 Å². The molecular weight excluding hydrogens is 364 g/mol. The Balaban J connectivity index is 1.68. The standard InChI is InChI=1S/C19H18N4O3S/c1-12(13-7-9-15(24)10-8-13)21-22-19(20)27-16-11-17(25)23(18(16)26)14-5-3-2-4-6-14/h2-10,16,24H,11H2,1H3,(H2,20,22)/b21-12-. The molecular formula is C19H18N4O3S. The van der Waals surface area contributed by atoms with E-state index in [9.17, 15) is 14.7 Å². The van der Waals surface area contributed by atoms with Gasteiger partial charge in [-0.3, -0.25) is 9.59 Å². The van der Waals surface area contributed by atoms with Crippen LogP contribution in [0.25, 0.3) is 0 Å². The number of nitrogens with zero attached hydrogens (tertiary/aromatic N) is 3. The summed E-state index contributed by atoms with van der Waals surface area (Å²) in [6, 6.07) is 15.3. The Labute approximate surface area is 160 Å². The maximum atomic E-state index is 12.6. The first-order chi connectivity index (χ1) is 13.0. The van der Waals surface area contributed by atoms with Crippen molar-refractivity contribution in [1.29, 1.82) is 0 Å². The first kappa shape index (κ1) is 18.7. The van der Waals surface area contributed by atoms with E-state index in [1.807, 2.05) is 6.07 Å². The van der Waals surface area contributed by atoms with E-state index in [1.165, 1.54) is 4.90 Å². The molecule has 2 aromatic rings. The molecule has 0 radical (unpaired) electrons. The van der Waals surface area contributed by atoms with E-state index in [4.69, 9.17) is 5.73 Å². The number of para-hydroxylation sites is 1. The molecule has 1 heterocycles. The molecule has 27 heavy (non-hydrogen) atoms. The number of amidine groups is 1. The minimum absolute atomic E-state index is 0.0648. The van der Waals surface area contributed by atoms with Gasteiger partial charge in [0, 0.05) is 6.42 Å².